The lowest BCUT2D eigenvalue weighted by molar-refractivity contribution is -0.187. The molecule has 0 N–H and O–H groups in total. The van der Waals surface area contributed by atoms with Gasteiger partial charge in [0.15, 0.2) is 5.79 Å². The number of aromatic nitrogens is 1. The number of carbonyl (C=O) groups is 1. The van der Waals surface area contributed by atoms with Crippen LogP contribution in [0.5, 0.6) is 0 Å². The van der Waals surface area contributed by atoms with Crippen LogP contribution in [0.1, 0.15) is 18.5 Å². The Morgan fingerprint density at radius 1 is 1.25 bits per heavy atom. The van der Waals surface area contributed by atoms with E-state index in [0.29, 0.717) is 32.7 Å². The van der Waals surface area contributed by atoms with Gasteiger partial charge in [0.05, 0.1) is 30.2 Å². The predicted octanol–water partition coefficient (Wildman–Crippen LogP) is 3.54. The highest BCUT2D eigenvalue weighted by molar-refractivity contribution is 9.10. The Labute approximate surface area is 156 Å². The lowest BCUT2D eigenvalue weighted by atomic mass is 10.0. The molecule has 0 aliphatic carbocycles. The highest BCUT2D eigenvalue weighted by Crippen LogP contribution is 2.33. The molecule has 0 unspecified atom stereocenters. The van der Waals surface area contributed by atoms with Crippen molar-refractivity contribution in [3.05, 3.63) is 27.0 Å². The number of thiazole rings is 1. The van der Waals surface area contributed by atoms with E-state index < -0.39 is 5.79 Å². The van der Waals surface area contributed by atoms with Crippen LogP contribution in [0.15, 0.2) is 21.3 Å². The Balaban J connectivity index is 1.36. The molecule has 0 atom stereocenters. The van der Waals surface area contributed by atoms with Gasteiger partial charge in [0.1, 0.15) is 5.01 Å². The van der Waals surface area contributed by atoms with Crippen molar-refractivity contribution in [1.29, 1.82) is 0 Å². The molecule has 0 aromatic carbocycles. The van der Waals surface area contributed by atoms with Gasteiger partial charge in [0, 0.05) is 41.2 Å². The number of nitrogens with zero attached hydrogens (tertiary/aromatic N) is 2. The second-order valence-corrected chi connectivity index (χ2v) is 8.62. The first-order valence-electron chi connectivity index (χ1n) is 7.88. The minimum absolute atomic E-state index is 0.132. The number of carbonyl (C=O) groups excluding carboxylic acids is 1. The van der Waals surface area contributed by atoms with Gasteiger partial charge in [-0.3, -0.25) is 4.79 Å². The topological polar surface area (TPSA) is 51.7 Å². The number of likely N-dealkylation sites (tertiary alicyclic amines) is 1. The molecular formula is C16H17BrN2O3S2. The monoisotopic (exact) mass is 428 g/mol. The van der Waals surface area contributed by atoms with Crippen molar-refractivity contribution in [2.24, 2.45) is 0 Å². The maximum atomic E-state index is 12.5. The molecule has 5 nitrogen and oxygen atoms in total. The number of halogens is 1. The maximum absolute atomic E-state index is 12.5. The quantitative estimate of drug-likeness (QED) is 0.749. The summed E-state index contributed by atoms with van der Waals surface area (Å²) in [5.74, 6) is -0.302. The third kappa shape index (κ3) is 3.43. The lowest BCUT2D eigenvalue weighted by Gasteiger charge is -2.37. The predicted molar refractivity (Wildman–Crippen MR) is 97.3 cm³/mol. The van der Waals surface area contributed by atoms with Crippen molar-refractivity contribution >= 4 is 44.5 Å². The molecular weight excluding hydrogens is 412 g/mol. The molecule has 2 fully saturated rings. The third-order valence-electron chi connectivity index (χ3n) is 4.35. The molecule has 4 rings (SSSR count). The molecule has 2 aromatic heterocycles. The summed E-state index contributed by atoms with van der Waals surface area (Å²) in [6.45, 7) is 2.70. The van der Waals surface area contributed by atoms with Crippen LogP contribution < -0.4 is 0 Å². The first-order chi connectivity index (χ1) is 11.6. The molecule has 0 bridgehead atoms. The van der Waals surface area contributed by atoms with E-state index >= 15 is 0 Å². The average molecular weight is 429 g/mol. The first-order valence-corrected chi connectivity index (χ1v) is 10.4. The maximum Gasteiger partial charge on any atom is 0.228 e. The van der Waals surface area contributed by atoms with E-state index in [9.17, 15) is 4.79 Å². The summed E-state index contributed by atoms with van der Waals surface area (Å²) in [5.41, 5.74) is 0.846. The highest BCUT2D eigenvalue weighted by atomic mass is 79.9. The summed E-state index contributed by atoms with van der Waals surface area (Å²) in [4.78, 5) is 20.2. The molecule has 0 saturated carbocycles. The van der Waals surface area contributed by atoms with Gasteiger partial charge in [-0.25, -0.2) is 4.98 Å². The van der Waals surface area contributed by atoms with Gasteiger partial charge >= 0.3 is 0 Å². The van der Waals surface area contributed by atoms with Crippen LogP contribution in [-0.2, 0) is 20.7 Å². The van der Waals surface area contributed by atoms with Crippen LogP contribution in [0.25, 0.3) is 9.88 Å². The minimum Gasteiger partial charge on any atom is -0.347 e. The molecule has 128 valence electrons. The van der Waals surface area contributed by atoms with E-state index in [2.05, 4.69) is 27.0 Å². The number of ether oxygens (including phenoxy) is 2. The standard InChI is InChI=1S/C16H17BrN2O3S2/c17-11-7-13(23-9-11)15-18-12(10-24-15)8-14(20)19-3-1-16(2-4-19)21-5-6-22-16/h7,9-10H,1-6,8H2. The number of hydrogen-bond donors (Lipinski definition) is 0. The van der Waals surface area contributed by atoms with E-state index in [0.717, 1.165) is 32.9 Å². The third-order valence-corrected chi connectivity index (χ3v) is 7.11. The number of thiophene rings is 1. The summed E-state index contributed by atoms with van der Waals surface area (Å²) in [5, 5.41) is 4.99. The lowest BCUT2D eigenvalue weighted by Crippen LogP contribution is -2.47. The second-order valence-electron chi connectivity index (χ2n) is 5.94. The number of amides is 1. The molecule has 8 heteroatoms. The van der Waals surface area contributed by atoms with Crippen LogP contribution in [0.4, 0.5) is 0 Å². The first kappa shape index (κ1) is 16.7. The largest absolute Gasteiger partial charge is 0.347 e. The highest BCUT2D eigenvalue weighted by Gasteiger charge is 2.40. The van der Waals surface area contributed by atoms with Gasteiger partial charge < -0.3 is 14.4 Å². The van der Waals surface area contributed by atoms with E-state index in [1.165, 1.54) is 0 Å². The molecule has 2 aliphatic heterocycles. The summed E-state index contributed by atoms with van der Waals surface area (Å²) in [6.07, 6.45) is 1.87. The van der Waals surface area contributed by atoms with Crippen molar-refractivity contribution in [3.8, 4) is 9.88 Å². The van der Waals surface area contributed by atoms with Gasteiger partial charge in [-0.1, -0.05) is 0 Å². The van der Waals surface area contributed by atoms with E-state index in [4.69, 9.17) is 9.47 Å². The molecule has 4 heterocycles. The Kier molecular flexibility index (Phi) is 4.75. The van der Waals surface area contributed by atoms with Crippen molar-refractivity contribution < 1.29 is 14.3 Å². The Morgan fingerprint density at radius 3 is 2.67 bits per heavy atom. The second kappa shape index (κ2) is 6.84. The Morgan fingerprint density at radius 2 is 2.00 bits per heavy atom. The fraction of sp³-hybridized carbons (Fsp3) is 0.500. The Bertz CT molecular complexity index is 729. The smallest absolute Gasteiger partial charge is 0.228 e. The van der Waals surface area contributed by atoms with Gasteiger partial charge in [-0.05, 0) is 22.0 Å². The number of hydrogen-bond acceptors (Lipinski definition) is 6. The molecule has 0 radical (unpaired) electrons. The van der Waals surface area contributed by atoms with Crippen molar-refractivity contribution in [2.75, 3.05) is 26.3 Å². The fourth-order valence-electron chi connectivity index (χ4n) is 3.08. The zero-order chi connectivity index (χ0) is 16.6. The van der Waals surface area contributed by atoms with Crippen molar-refractivity contribution in [2.45, 2.75) is 25.0 Å². The van der Waals surface area contributed by atoms with Crippen molar-refractivity contribution in [1.82, 2.24) is 9.88 Å². The van der Waals surface area contributed by atoms with Crippen LogP contribution in [0, 0.1) is 0 Å². The minimum atomic E-state index is -0.433. The van der Waals surface area contributed by atoms with Crippen LogP contribution >= 0.6 is 38.6 Å². The van der Waals surface area contributed by atoms with Crippen LogP contribution in [-0.4, -0.2) is 47.9 Å². The average Bonchev–Trinajstić information content (AvgIpc) is 3.30. The molecule has 2 saturated heterocycles. The molecule has 2 aliphatic rings. The van der Waals surface area contributed by atoms with Crippen LogP contribution in [0.3, 0.4) is 0 Å². The van der Waals surface area contributed by atoms with E-state index in [1.807, 2.05) is 15.7 Å². The summed E-state index contributed by atoms with van der Waals surface area (Å²) in [6, 6.07) is 2.06. The molecule has 2 aromatic rings. The molecule has 1 amide bonds. The fourth-order valence-corrected chi connectivity index (χ4v) is 5.40. The summed E-state index contributed by atoms with van der Waals surface area (Å²) in [7, 11) is 0. The summed E-state index contributed by atoms with van der Waals surface area (Å²) < 4.78 is 12.5. The molecule has 24 heavy (non-hydrogen) atoms. The number of rotatable bonds is 3. The Hall–Kier alpha value is -0.800. The van der Waals surface area contributed by atoms with Gasteiger partial charge in [0.2, 0.25) is 5.91 Å². The summed E-state index contributed by atoms with van der Waals surface area (Å²) >= 11 is 6.70. The SMILES string of the molecule is O=C(Cc1csc(-c2cc(Br)cs2)n1)N1CCC2(CC1)OCCO2. The molecule has 1 spiro atoms. The van der Waals surface area contributed by atoms with E-state index in [-0.39, 0.29) is 5.91 Å². The van der Waals surface area contributed by atoms with Gasteiger partial charge in [-0.15, -0.1) is 22.7 Å². The normalized spacial score (nSPS) is 20.0. The zero-order valence-corrected chi connectivity index (χ0v) is 16.2. The van der Waals surface area contributed by atoms with Crippen molar-refractivity contribution in [3.63, 3.8) is 0 Å². The van der Waals surface area contributed by atoms with Gasteiger partial charge in [-0.2, -0.15) is 0 Å². The zero-order valence-electron chi connectivity index (χ0n) is 13.0. The van der Waals surface area contributed by atoms with Crippen LogP contribution in [0.2, 0.25) is 0 Å². The van der Waals surface area contributed by atoms with Gasteiger partial charge in [0.25, 0.3) is 0 Å². The van der Waals surface area contributed by atoms with E-state index in [1.54, 1.807) is 22.7 Å². The number of piperidine rings is 1.